The maximum atomic E-state index is 4.52. The summed E-state index contributed by atoms with van der Waals surface area (Å²) in [5, 5.41) is 0. The summed E-state index contributed by atoms with van der Waals surface area (Å²) >= 11 is 0. The summed E-state index contributed by atoms with van der Waals surface area (Å²) in [5.41, 5.74) is 6.04. The van der Waals surface area contributed by atoms with E-state index in [9.17, 15) is 0 Å². The standard InChI is InChI=1S/C21H24N.Ir/c1-20(2)12-13-21(10-4-5-11-21)18-15-16(8-9-17(18)20)19-7-3-6-14-22-19;/h3,6-7,9,14-15H,4-5,10-13H2,1-2H3;/q-1;. The van der Waals surface area contributed by atoms with Crippen molar-refractivity contribution < 1.29 is 20.1 Å². The van der Waals surface area contributed by atoms with Gasteiger partial charge in [0.05, 0.1) is 0 Å². The van der Waals surface area contributed by atoms with Gasteiger partial charge in [0, 0.05) is 26.3 Å². The second kappa shape index (κ2) is 6.15. The first-order valence-electron chi connectivity index (χ1n) is 8.59. The Bertz CT molecular complexity index is 684. The van der Waals surface area contributed by atoms with Gasteiger partial charge in [0.25, 0.3) is 0 Å². The minimum atomic E-state index is 0. The molecule has 1 fully saturated rings. The molecule has 0 bridgehead atoms. The number of rotatable bonds is 1. The van der Waals surface area contributed by atoms with Crippen molar-refractivity contribution in [2.75, 3.05) is 0 Å². The molecular formula is C21H24IrN-. The van der Waals surface area contributed by atoms with E-state index in [2.05, 4.69) is 49.2 Å². The first-order valence-corrected chi connectivity index (χ1v) is 8.59. The van der Waals surface area contributed by atoms with Crippen LogP contribution in [-0.2, 0) is 30.9 Å². The Labute approximate surface area is 153 Å². The van der Waals surface area contributed by atoms with Gasteiger partial charge in [-0.2, -0.15) is 0 Å². The van der Waals surface area contributed by atoms with Crippen molar-refractivity contribution in [1.29, 1.82) is 0 Å². The molecule has 1 saturated carbocycles. The van der Waals surface area contributed by atoms with Crippen molar-refractivity contribution in [3.8, 4) is 11.3 Å². The van der Waals surface area contributed by atoms with Gasteiger partial charge >= 0.3 is 0 Å². The Hall–Kier alpha value is -0.981. The van der Waals surface area contributed by atoms with Crippen LogP contribution < -0.4 is 0 Å². The molecule has 0 N–H and O–H groups in total. The fourth-order valence-electron chi connectivity index (χ4n) is 4.55. The molecule has 1 aromatic heterocycles. The second-order valence-corrected chi connectivity index (χ2v) is 7.76. The molecule has 1 nitrogen and oxygen atoms in total. The molecule has 2 aromatic rings. The number of aromatic nitrogens is 1. The molecule has 0 atom stereocenters. The van der Waals surface area contributed by atoms with Gasteiger partial charge in [-0.1, -0.05) is 45.2 Å². The third kappa shape index (κ3) is 2.81. The van der Waals surface area contributed by atoms with E-state index in [4.69, 9.17) is 0 Å². The van der Waals surface area contributed by atoms with E-state index in [1.807, 2.05) is 12.3 Å². The largest absolute Gasteiger partial charge is 0.305 e. The van der Waals surface area contributed by atoms with E-state index in [0.717, 1.165) is 11.3 Å². The van der Waals surface area contributed by atoms with Crippen molar-refractivity contribution >= 4 is 0 Å². The van der Waals surface area contributed by atoms with Gasteiger partial charge < -0.3 is 4.98 Å². The molecule has 4 rings (SSSR count). The molecule has 23 heavy (non-hydrogen) atoms. The van der Waals surface area contributed by atoms with E-state index in [1.54, 1.807) is 5.56 Å². The quantitative estimate of drug-likeness (QED) is 0.494. The summed E-state index contributed by atoms with van der Waals surface area (Å²) in [6.07, 6.45) is 10.0. The molecule has 0 unspecified atom stereocenters. The Morgan fingerprint density at radius 3 is 2.48 bits per heavy atom. The third-order valence-electron chi connectivity index (χ3n) is 5.98. The van der Waals surface area contributed by atoms with Crippen LogP contribution in [0.25, 0.3) is 11.3 Å². The van der Waals surface area contributed by atoms with Crippen molar-refractivity contribution in [3.63, 3.8) is 0 Å². The first-order chi connectivity index (χ1) is 10.6. The van der Waals surface area contributed by atoms with Crippen LogP contribution in [0.4, 0.5) is 0 Å². The average Bonchev–Trinajstić information content (AvgIpc) is 3.02. The first kappa shape index (κ1) is 16.9. The van der Waals surface area contributed by atoms with E-state index in [-0.39, 0.29) is 25.5 Å². The Balaban J connectivity index is 0.00000156. The van der Waals surface area contributed by atoms with Crippen LogP contribution in [0.1, 0.15) is 63.5 Å². The minimum Gasteiger partial charge on any atom is -0.305 e. The van der Waals surface area contributed by atoms with Gasteiger partial charge in [-0.05, 0) is 41.9 Å². The van der Waals surface area contributed by atoms with Crippen LogP contribution in [0, 0.1) is 6.07 Å². The Kier molecular flexibility index (Phi) is 4.51. The van der Waals surface area contributed by atoms with E-state index < -0.39 is 0 Å². The molecule has 1 radical (unpaired) electrons. The predicted molar refractivity (Wildman–Crippen MR) is 90.9 cm³/mol. The van der Waals surface area contributed by atoms with E-state index in [0.29, 0.717) is 5.41 Å². The van der Waals surface area contributed by atoms with Crippen molar-refractivity contribution in [1.82, 2.24) is 4.98 Å². The SMILES string of the molecule is CC1(C)CCC2(CCCC2)c2cc(-c3ccccn3)[c-]cc21.[Ir]. The summed E-state index contributed by atoms with van der Waals surface area (Å²) in [4.78, 5) is 4.52. The van der Waals surface area contributed by atoms with Gasteiger partial charge in [-0.3, -0.25) is 0 Å². The number of pyridine rings is 1. The maximum absolute atomic E-state index is 4.52. The third-order valence-corrected chi connectivity index (χ3v) is 5.98. The average molecular weight is 483 g/mol. The summed E-state index contributed by atoms with van der Waals surface area (Å²) in [7, 11) is 0. The normalized spacial score (nSPS) is 20.8. The number of benzene rings is 1. The molecule has 123 valence electrons. The smallest absolute Gasteiger partial charge is 0.0160 e. The Morgan fingerprint density at radius 2 is 1.78 bits per heavy atom. The van der Waals surface area contributed by atoms with Crippen LogP contribution in [0.3, 0.4) is 0 Å². The van der Waals surface area contributed by atoms with Gasteiger partial charge in [0.2, 0.25) is 0 Å². The van der Waals surface area contributed by atoms with Crippen molar-refractivity contribution in [2.24, 2.45) is 0 Å². The van der Waals surface area contributed by atoms with Crippen LogP contribution >= 0.6 is 0 Å². The van der Waals surface area contributed by atoms with Gasteiger partial charge in [-0.25, -0.2) is 0 Å². The number of nitrogens with zero attached hydrogens (tertiary/aromatic N) is 1. The number of hydrogen-bond acceptors (Lipinski definition) is 1. The fourth-order valence-corrected chi connectivity index (χ4v) is 4.55. The zero-order valence-corrected chi connectivity index (χ0v) is 16.4. The summed E-state index contributed by atoms with van der Waals surface area (Å²) in [6.45, 7) is 4.78. The zero-order valence-electron chi connectivity index (χ0n) is 14.0. The molecule has 1 heterocycles. The summed E-state index contributed by atoms with van der Waals surface area (Å²) in [6, 6.07) is 14.3. The van der Waals surface area contributed by atoms with E-state index >= 15 is 0 Å². The molecule has 2 heteroatoms. The molecule has 0 amide bonds. The molecule has 1 spiro atoms. The number of fused-ring (bicyclic) bond motifs is 2. The topological polar surface area (TPSA) is 12.9 Å². The maximum Gasteiger partial charge on any atom is 0.0160 e. The molecule has 0 saturated heterocycles. The summed E-state index contributed by atoms with van der Waals surface area (Å²) < 4.78 is 0. The van der Waals surface area contributed by atoms with Crippen molar-refractivity contribution in [3.05, 3.63) is 53.7 Å². The molecule has 1 aromatic carbocycles. The minimum absolute atomic E-state index is 0. The zero-order chi connectivity index (χ0) is 15.2. The van der Waals surface area contributed by atoms with Gasteiger partial charge in [-0.15, -0.1) is 34.9 Å². The van der Waals surface area contributed by atoms with Crippen LogP contribution in [0.5, 0.6) is 0 Å². The molecular weight excluding hydrogens is 458 g/mol. The van der Waals surface area contributed by atoms with Crippen LogP contribution in [-0.4, -0.2) is 4.98 Å². The second-order valence-electron chi connectivity index (χ2n) is 7.76. The fraction of sp³-hybridized carbons (Fsp3) is 0.476. The molecule has 2 aliphatic rings. The van der Waals surface area contributed by atoms with E-state index in [1.165, 1.54) is 44.1 Å². The molecule has 0 aliphatic heterocycles. The van der Waals surface area contributed by atoms with Gasteiger partial charge in [0.1, 0.15) is 0 Å². The monoisotopic (exact) mass is 483 g/mol. The number of hydrogen-bond donors (Lipinski definition) is 0. The van der Waals surface area contributed by atoms with Crippen LogP contribution in [0.2, 0.25) is 0 Å². The summed E-state index contributed by atoms with van der Waals surface area (Å²) in [5.74, 6) is 0. The predicted octanol–water partition coefficient (Wildman–Crippen LogP) is 5.43. The van der Waals surface area contributed by atoms with Gasteiger partial charge in [0.15, 0.2) is 0 Å². The Morgan fingerprint density at radius 1 is 1.00 bits per heavy atom. The molecule has 2 aliphatic carbocycles. The van der Waals surface area contributed by atoms with Crippen molar-refractivity contribution in [2.45, 2.75) is 63.2 Å². The van der Waals surface area contributed by atoms with Crippen LogP contribution in [0.15, 0.2) is 36.5 Å².